The monoisotopic (exact) mass is 330 g/mol. The molecule has 2 amide bonds. The average molecular weight is 330 g/mol. The summed E-state index contributed by atoms with van der Waals surface area (Å²) in [6, 6.07) is 0.274. The smallest absolute Gasteiger partial charge is 0.289 e. The van der Waals surface area contributed by atoms with Crippen LogP contribution in [0.5, 0.6) is 0 Å². The number of nitrogens with zero attached hydrogens (tertiary/aromatic N) is 3. The summed E-state index contributed by atoms with van der Waals surface area (Å²) in [5, 5.41) is 3.13. The van der Waals surface area contributed by atoms with Crippen LogP contribution in [0.1, 0.15) is 78.2 Å². The number of hydrogen-bond acceptors (Lipinski definition) is 3. The minimum absolute atomic E-state index is 0.00411. The van der Waals surface area contributed by atoms with E-state index in [2.05, 4.69) is 10.3 Å². The minimum Gasteiger partial charge on any atom is -0.348 e. The highest BCUT2D eigenvalue weighted by Gasteiger charge is 2.31. The highest BCUT2D eigenvalue weighted by molar-refractivity contribution is 5.97. The first-order chi connectivity index (χ1) is 11.7. The highest BCUT2D eigenvalue weighted by atomic mass is 16.2. The Kier molecular flexibility index (Phi) is 4.29. The van der Waals surface area contributed by atoms with Gasteiger partial charge >= 0.3 is 0 Å². The van der Waals surface area contributed by atoms with Crippen molar-refractivity contribution in [1.29, 1.82) is 0 Å². The Morgan fingerprint density at radius 3 is 2.42 bits per heavy atom. The van der Waals surface area contributed by atoms with Gasteiger partial charge in [-0.05, 0) is 44.9 Å². The molecule has 0 atom stereocenters. The maximum Gasteiger partial charge on any atom is 0.289 e. The van der Waals surface area contributed by atoms with Gasteiger partial charge in [-0.3, -0.25) is 9.59 Å². The molecule has 1 N–H and O–H groups in total. The molecule has 2 aliphatic heterocycles. The fourth-order valence-corrected chi connectivity index (χ4v) is 4.27. The maximum atomic E-state index is 12.8. The van der Waals surface area contributed by atoms with Gasteiger partial charge in [0, 0.05) is 25.7 Å². The first-order valence-electron chi connectivity index (χ1n) is 9.43. The SMILES string of the molecule is O=C(NC1CCCC1)c1nc(C(=O)N2CCCC2)n2c1CCCC2. The zero-order chi connectivity index (χ0) is 16.5. The number of carbonyl (C=O) groups excluding carboxylic acids is 2. The Morgan fingerprint density at radius 1 is 0.958 bits per heavy atom. The summed E-state index contributed by atoms with van der Waals surface area (Å²) in [4.78, 5) is 31.9. The molecule has 0 unspecified atom stereocenters. The van der Waals surface area contributed by atoms with Crippen LogP contribution in [0.15, 0.2) is 0 Å². The van der Waals surface area contributed by atoms with Gasteiger partial charge < -0.3 is 14.8 Å². The predicted octanol–water partition coefficient (Wildman–Crippen LogP) is 2.13. The first-order valence-corrected chi connectivity index (χ1v) is 9.43. The lowest BCUT2D eigenvalue weighted by molar-refractivity contribution is 0.0774. The van der Waals surface area contributed by atoms with E-state index in [1.54, 1.807) is 0 Å². The Morgan fingerprint density at radius 2 is 1.67 bits per heavy atom. The molecule has 1 saturated heterocycles. The van der Waals surface area contributed by atoms with Gasteiger partial charge in [0.05, 0.1) is 5.69 Å². The number of amides is 2. The van der Waals surface area contributed by atoms with Crippen LogP contribution in [0, 0.1) is 0 Å². The molecule has 4 rings (SSSR count). The Labute approximate surface area is 142 Å². The van der Waals surface area contributed by atoms with Gasteiger partial charge in [-0.15, -0.1) is 0 Å². The summed E-state index contributed by atoms with van der Waals surface area (Å²) in [6.07, 6.45) is 9.56. The van der Waals surface area contributed by atoms with Crippen LogP contribution in [-0.4, -0.2) is 45.4 Å². The van der Waals surface area contributed by atoms with E-state index >= 15 is 0 Å². The minimum atomic E-state index is -0.0898. The molecule has 1 aromatic rings. The van der Waals surface area contributed by atoms with Crippen LogP contribution in [0.4, 0.5) is 0 Å². The third-order valence-corrected chi connectivity index (χ3v) is 5.61. The van der Waals surface area contributed by atoms with Crippen molar-refractivity contribution >= 4 is 11.8 Å². The Hall–Kier alpha value is -1.85. The largest absolute Gasteiger partial charge is 0.348 e. The topological polar surface area (TPSA) is 67.2 Å². The van der Waals surface area contributed by atoms with Crippen molar-refractivity contribution in [2.45, 2.75) is 70.4 Å². The molecule has 0 bridgehead atoms. The molecule has 6 heteroatoms. The molecular weight excluding hydrogens is 304 g/mol. The first kappa shape index (κ1) is 15.7. The molecule has 1 aliphatic carbocycles. The molecule has 6 nitrogen and oxygen atoms in total. The van der Waals surface area contributed by atoms with Gasteiger partial charge in [0.15, 0.2) is 5.82 Å². The second-order valence-corrected chi connectivity index (χ2v) is 7.29. The zero-order valence-electron chi connectivity index (χ0n) is 14.2. The molecule has 2 fully saturated rings. The molecule has 1 saturated carbocycles. The van der Waals surface area contributed by atoms with E-state index in [-0.39, 0.29) is 17.9 Å². The summed E-state index contributed by atoms with van der Waals surface area (Å²) < 4.78 is 2.01. The van der Waals surface area contributed by atoms with Crippen molar-refractivity contribution in [1.82, 2.24) is 19.8 Å². The summed E-state index contributed by atoms with van der Waals surface area (Å²) in [6.45, 7) is 2.42. The van der Waals surface area contributed by atoms with Crippen molar-refractivity contribution < 1.29 is 9.59 Å². The second-order valence-electron chi connectivity index (χ2n) is 7.29. The number of carbonyl (C=O) groups is 2. The third kappa shape index (κ3) is 2.82. The maximum absolute atomic E-state index is 12.8. The number of imidazole rings is 1. The van der Waals surface area contributed by atoms with E-state index in [1.165, 1.54) is 12.8 Å². The van der Waals surface area contributed by atoms with Crippen molar-refractivity contribution in [3.05, 3.63) is 17.2 Å². The normalized spacial score (nSPS) is 21.1. The van der Waals surface area contributed by atoms with E-state index in [9.17, 15) is 9.59 Å². The van der Waals surface area contributed by atoms with E-state index in [4.69, 9.17) is 0 Å². The van der Waals surface area contributed by atoms with Gasteiger partial charge in [-0.2, -0.15) is 0 Å². The molecule has 130 valence electrons. The standard InChI is InChI=1S/C18H26N4O2/c23-17(19-13-7-1-2-8-13)15-14-9-3-4-12-22(14)16(20-15)18(24)21-10-5-6-11-21/h13H,1-12H2,(H,19,23). The number of likely N-dealkylation sites (tertiary alicyclic amines) is 1. The van der Waals surface area contributed by atoms with Crippen molar-refractivity contribution in [3.8, 4) is 0 Å². The van der Waals surface area contributed by atoms with Crippen LogP contribution in [0.2, 0.25) is 0 Å². The molecule has 0 aromatic carbocycles. The molecule has 3 heterocycles. The predicted molar refractivity (Wildman–Crippen MR) is 90.0 cm³/mol. The van der Waals surface area contributed by atoms with Crippen LogP contribution >= 0.6 is 0 Å². The molecule has 3 aliphatic rings. The summed E-state index contributed by atoms with van der Waals surface area (Å²) in [5.41, 5.74) is 1.45. The van der Waals surface area contributed by atoms with Crippen LogP contribution < -0.4 is 5.32 Å². The van der Waals surface area contributed by atoms with Crippen molar-refractivity contribution in [2.75, 3.05) is 13.1 Å². The molecule has 0 spiro atoms. The molecular formula is C18H26N4O2. The van der Waals surface area contributed by atoms with Crippen LogP contribution in [0.3, 0.4) is 0 Å². The Bertz CT molecular complexity index is 640. The molecule has 1 aromatic heterocycles. The number of rotatable bonds is 3. The van der Waals surface area contributed by atoms with Gasteiger partial charge in [0.1, 0.15) is 5.69 Å². The van der Waals surface area contributed by atoms with Crippen LogP contribution in [-0.2, 0) is 13.0 Å². The number of aromatic nitrogens is 2. The third-order valence-electron chi connectivity index (χ3n) is 5.61. The van der Waals surface area contributed by atoms with Gasteiger partial charge in [-0.25, -0.2) is 4.98 Å². The second kappa shape index (κ2) is 6.57. The summed E-state index contributed by atoms with van der Waals surface area (Å²) in [7, 11) is 0. The zero-order valence-corrected chi connectivity index (χ0v) is 14.2. The fourth-order valence-electron chi connectivity index (χ4n) is 4.27. The molecule has 0 radical (unpaired) electrons. The lowest BCUT2D eigenvalue weighted by Gasteiger charge is -2.19. The Balaban J connectivity index is 1.61. The number of hydrogen-bond donors (Lipinski definition) is 1. The lowest BCUT2D eigenvalue weighted by Crippen LogP contribution is -2.33. The van der Waals surface area contributed by atoms with E-state index in [1.807, 2.05) is 9.47 Å². The van der Waals surface area contributed by atoms with E-state index < -0.39 is 0 Å². The summed E-state index contributed by atoms with van der Waals surface area (Å²) in [5.74, 6) is 0.381. The van der Waals surface area contributed by atoms with E-state index in [0.29, 0.717) is 11.5 Å². The quantitative estimate of drug-likeness (QED) is 0.923. The lowest BCUT2D eigenvalue weighted by atomic mass is 10.1. The number of fused-ring (bicyclic) bond motifs is 1. The fraction of sp³-hybridized carbons (Fsp3) is 0.722. The van der Waals surface area contributed by atoms with Gasteiger partial charge in [-0.1, -0.05) is 12.8 Å². The van der Waals surface area contributed by atoms with Gasteiger partial charge in [0.25, 0.3) is 11.8 Å². The summed E-state index contributed by atoms with van der Waals surface area (Å²) >= 11 is 0. The van der Waals surface area contributed by atoms with E-state index in [0.717, 1.165) is 70.3 Å². The van der Waals surface area contributed by atoms with Crippen molar-refractivity contribution in [2.24, 2.45) is 0 Å². The molecule has 24 heavy (non-hydrogen) atoms. The van der Waals surface area contributed by atoms with Crippen molar-refractivity contribution in [3.63, 3.8) is 0 Å². The highest BCUT2D eigenvalue weighted by Crippen LogP contribution is 2.24. The van der Waals surface area contributed by atoms with Crippen LogP contribution in [0.25, 0.3) is 0 Å². The average Bonchev–Trinajstić information content (AvgIpc) is 3.34. The van der Waals surface area contributed by atoms with Gasteiger partial charge in [0.2, 0.25) is 0 Å². The number of nitrogens with one attached hydrogen (secondary N) is 1.